The monoisotopic (exact) mass is 339 g/mol. The molecule has 4 rings (SSSR count). The maximum Gasteiger partial charge on any atom is 0.228 e. The van der Waals surface area contributed by atoms with E-state index in [1.807, 2.05) is 36.0 Å². The maximum atomic E-state index is 12.9. The molecule has 2 fully saturated rings. The van der Waals surface area contributed by atoms with E-state index in [4.69, 9.17) is 0 Å². The van der Waals surface area contributed by atoms with Crippen LogP contribution in [0.1, 0.15) is 37.1 Å². The number of aromatic nitrogens is 3. The summed E-state index contributed by atoms with van der Waals surface area (Å²) in [4.78, 5) is 21.6. The minimum atomic E-state index is -0.195. The smallest absolute Gasteiger partial charge is 0.228 e. The summed E-state index contributed by atoms with van der Waals surface area (Å²) in [5.74, 6) is 2.45. The number of imidazole rings is 1. The van der Waals surface area contributed by atoms with Crippen molar-refractivity contribution in [2.45, 2.75) is 39.2 Å². The lowest BCUT2D eigenvalue weighted by molar-refractivity contribution is -0.134. The van der Waals surface area contributed by atoms with Crippen molar-refractivity contribution in [2.24, 2.45) is 11.3 Å². The first-order chi connectivity index (χ1) is 12.2. The number of rotatable bonds is 4. The van der Waals surface area contributed by atoms with Gasteiger partial charge in [0.25, 0.3) is 0 Å². The number of aryl methyl sites for hydroxylation is 1. The van der Waals surface area contributed by atoms with Gasteiger partial charge < -0.3 is 10.6 Å². The van der Waals surface area contributed by atoms with Crippen molar-refractivity contribution in [2.75, 3.05) is 13.1 Å². The minimum absolute atomic E-state index is 0.195. The highest BCUT2D eigenvalue weighted by atomic mass is 16.2. The molecule has 0 bridgehead atoms. The zero-order valence-electron chi connectivity index (χ0n) is 14.7. The fraction of sp³-hybridized carbons (Fsp3) is 0.526. The van der Waals surface area contributed by atoms with Crippen molar-refractivity contribution in [1.82, 2.24) is 25.2 Å². The molecule has 0 radical (unpaired) electrons. The molecule has 3 heterocycles. The van der Waals surface area contributed by atoms with Gasteiger partial charge in [-0.2, -0.15) is 0 Å². The van der Waals surface area contributed by atoms with Crippen LogP contribution in [0.3, 0.4) is 0 Å². The molecule has 2 aromatic heterocycles. The molecule has 1 aliphatic carbocycles. The van der Waals surface area contributed by atoms with Crippen molar-refractivity contribution in [3.63, 3.8) is 0 Å². The fourth-order valence-electron chi connectivity index (χ4n) is 4.33. The number of hydrogen-bond donors (Lipinski definition) is 2. The number of pyridine rings is 1. The molecule has 1 aliphatic heterocycles. The topological polar surface area (TPSA) is 71.8 Å². The predicted octanol–water partition coefficient (Wildman–Crippen LogP) is 1.97. The van der Waals surface area contributed by atoms with Gasteiger partial charge in [0.15, 0.2) is 0 Å². The lowest BCUT2D eigenvalue weighted by Gasteiger charge is -2.37. The van der Waals surface area contributed by atoms with Gasteiger partial charge in [0.05, 0.1) is 5.41 Å². The third-order valence-electron chi connectivity index (χ3n) is 5.83. The highest BCUT2D eigenvalue weighted by molar-refractivity contribution is 5.83. The fourth-order valence-corrected chi connectivity index (χ4v) is 4.33. The SMILES string of the molecule is Cc1nccn1-c1ccc(CNC(=O)[C@@]23CCCC[C@H]2CNC3)cn1. The molecule has 25 heavy (non-hydrogen) atoms. The second-order valence-electron chi connectivity index (χ2n) is 7.28. The second-order valence-corrected chi connectivity index (χ2v) is 7.28. The number of amides is 1. The molecule has 1 saturated heterocycles. The van der Waals surface area contributed by atoms with Gasteiger partial charge in [-0.3, -0.25) is 9.36 Å². The number of nitrogens with one attached hydrogen (secondary N) is 2. The zero-order chi connectivity index (χ0) is 17.3. The normalized spacial score (nSPS) is 25.6. The first-order valence-electron chi connectivity index (χ1n) is 9.13. The summed E-state index contributed by atoms with van der Waals surface area (Å²) in [6.45, 7) is 4.28. The van der Waals surface area contributed by atoms with Gasteiger partial charge in [-0.15, -0.1) is 0 Å². The van der Waals surface area contributed by atoms with E-state index in [9.17, 15) is 4.79 Å². The van der Waals surface area contributed by atoms with Gasteiger partial charge in [0, 0.05) is 31.7 Å². The summed E-state index contributed by atoms with van der Waals surface area (Å²) in [7, 11) is 0. The highest BCUT2D eigenvalue weighted by Crippen LogP contribution is 2.43. The quantitative estimate of drug-likeness (QED) is 0.893. The van der Waals surface area contributed by atoms with Gasteiger partial charge in [-0.25, -0.2) is 9.97 Å². The van der Waals surface area contributed by atoms with Gasteiger partial charge in [0.2, 0.25) is 5.91 Å². The Morgan fingerprint density at radius 2 is 2.32 bits per heavy atom. The van der Waals surface area contributed by atoms with Crippen molar-refractivity contribution < 1.29 is 4.79 Å². The Hall–Kier alpha value is -2.21. The van der Waals surface area contributed by atoms with Crippen LogP contribution in [0.25, 0.3) is 5.82 Å². The van der Waals surface area contributed by atoms with E-state index in [0.717, 1.165) is 43.1 Å². The van der Waals surface area contributed by atoms with Crippen LogP contribution in [-0.4, -0.2) is 33.5 Å². The summed E-state index contributed by atoms with van der Waals surface area (Å²) in [5.41, 5.74) is 0.823. The number of hydrogen-bond acceptors (Lipinski definition) is 4. The molecule has 0 unspecified atom stereocenters. The number of nitrogens with zero attached hydrogens (tertiary/aromatic N) is 3. The van der Waals surface area contributed by atoms with E-state index in [2.05, 4.69) is 20.6 Å². The Morgan fingerprint density at radius 3 is 3.08 bits per heavy atom. The van der Waals surface area contributed by atoms with E-state index >= 15 is 0 Å². The molecule has 0 spiro atoms. The molecule has 1 saturated carbocycles. The molecule has 2 aromatic rings. The third kappa shape index (κ3) is 2.95. The van der Waals surface area contributed by atoms with E-state index in [0.29, 0.717) is 12.5 Å². The molecule has 1 amide bonds. The van der Waals surface area contributed by atoms with Crippen LogP contribution >= 0.6 is 0 Å². The van der Waals surface area contributed by atoms with Crippen molar-refractivity contribution >= 4 is 5.91 Å². The largest absolute Gasteiger partial charge is 0.351 e. The predicted molar refractivity (Wildman–Crippen MR) is 95.2 cm³/mol. The highest BCUT2D eigenvalue weighted by Gasteiger charge is 2.49. The van der Waals surface area contributed by atoms with Crippen molar-refractivity contribution in [1.29, 1.82) is 0 Å². The standard InChI is InChI=1S/C19H25N5O/c1-14-21-8-9-24(14)17-6-5-15(10-22-17)11-23-18(25)19-7-3-2-4-16(19)12-20-13-19/h5-6,8-10,16,20H,2-4,7,11-13H2,1H3,(H,23,25)/t16-,19+/m0/s1. The molecule has 2 atom stereocenters. The Balaban J connectivity index is 1.41. The number of carbonyl (C=O) groups excluding carboxylic acids is 1. The van der Waals surface area contributed by atoms with Crippen LogP contribution in [0.2, 0.25) is 0 Å². The lowest BCUT2D eigenvalue weighted by atomic mass is 9.67. The molecular formula is C19H25N5O. The van der Waals surface area contributed by atoms with Crippen LogP contribution in [-0.2, 0) is 11.3 Å². The van der Waals surface area contributed by atoms with Gasteiger partial charge in [-0.05, 0) is 43.9 Å². The average Bonchev–Trinajstić information content (AvgIpc) is 3.27. The Bertz CT molecular complexity index is 753. The summed E-state index contributed by atoms with van der Waals surface area (Å²) in [6.07, 6.45) is 10.1. The molecule has 6 heteroatoms. The molecule has 6 nitrogen and oxygen atoms in total. The van der Waals surface area contributed by atoms with E-state index in [1.165, 1.54) is 12.8 Å². The molecule has 132 valence electrons. The van der Waals surface area contributed by atoms with E-state index in [-0.39, 0.29) is 11.3 Å². The number of fused-ring (bicyclic) bond motifs is 1. The Morgan fingerprint density at radius 1 is 1.40 bits per heavy atom. The Kier molecular flexibility index (Phi) is 4.29. The summed E-state index contributed by atoms with van der Waals surface area (Å²) in [6, 6.07) is 3.99. The maximum absolute atomic E-state index is 12.9. The van der Waals surface area contributed by atoms with Crippen molar-refractivity contribution in [3.8, 4) is 5.82 Å². The minimum Gasteiger partial charge on any atom is -0.351 e. The third-order valence-corrected chi connectivity index (χ3v) is 5.83. The molecular weight excluding hydrogens is 314 g/mol. The molecule has 2 aliphatic rings. The molecule has 2 N–H and O–H groups in total. The first kappa shape index (κ1) is 16.3. The average molecular weight is 339 g/mol. The Labute approximate surface area is 148 Å². The number of carbonyl (C=O) groups is 1. The van der Waals surface area contributed by atoms with Crippen molar-refractivity contribution in [3.05, 3.63) is 42.1 Å². The van der Waals surface area contributed by atoms with Gasteiger partial charge in [-0.1, -0.05) is 18.9 Å². The van der Waals surface area contributed by atoms with E-state index in [1.54, 1.807) is 6.20 Å². The lowest BCUT2D eigenvalue weighted by Crippen LogP contribution is -2.47. The summed E-state index contributed by atoms with van der Waals surface area (Å²) >= 11 is 0. The van der Waals surface area contributed by atoms with Crippen LogP contribution in [0.4, 0.5) is 0 Å². The molecule has 0 aromatic carbocycles. The summed E-state index contributed by atoms with van der Waals surface area (Å²) < 4.78 is 1.94. The second kappa shape index (κ2) is 6.59. The van der Waals surface area contributed by atoms with Crippen LogP contribution in [0, 0.1) is 18.3 Å². The van der Waals surface area contributed by atoms with Crippen LogP contribution in [0.5, 0.6) is 0 Å². The first-order valence-corrected chi connectivity index (χ1v) is 9.13. The van der Waals surface area contributed by atoms with Gasteiger partial charge in [0.1, 0.15) is 11.6 Å². The zero-order valence-corrected chi connectivity index (χ0v) is 14.7. The van der Waals surface area contributed by atoms with Crippen LogP contribution < -0.4 is 10.6 Å². The van der Waals surface area contributed by atoms with E-state index < -0.39 is 0 Å². The summed E-state index contributed by atoms with van der Waals surface area (Å²) in [5, 5.41) is 6.59. The van der Waals surface area contributed by atoms with Crippen LogP contribution in [0.15, 0.2) is 30.7 Å². The van der Waals surface area contributed by atoms with Gasteiger partial charge >= 0.3 is 0 Å².